The Balaban J connectivity index is 2.41. The summed E-state index contributed by atoms with van der Waals surface area (Å²) in [5, 5.41) is 9.30. The molecule has 1 saturated heterocycles. The quantitative estimate of drug-likeness (QED) is 0.900. The minimum Gasteiger partial charge on any atom is -0.478 e. The molecule has 2 heterocycles. The second-order valence-corrected chi connectivity index (χ2v) is 6.85. The Kier molecular flexibility index (Phi) is 4.02. The highest BCUT2D eigenvalue weighted by atomic mass is 16.4. The van der Waals surface area contributed by atoms with Crippen molar-refractivity contribution in [1.29, 1.82) is 0 Å². The van der Waals surface area contributed by atoms with Crippen LogP contribution in [0.1, 0.15) is 56.6 Å². The van der Waals surface area contributed by atoms with Crippen LogP contribution in [0.25, 0.3) is 0 Å². The smallest absolute Gasteiger partial charge is 0.335 e. The average Bonchev–Trinajstić information content (AvgIpc) is 2.37. The molecule has 4 heteroatoms. The lowest BCUT2D eigenvalue weighted by Gasteiger charge is -2.33. The number of piperidine rings is 1. The summed E-state index contributed by atoms with van der Waals surface area (Å²) in [6, 6.07) is 3.40. The molecule has 1 unspecified atom stereocenters. The van der Waals surface area contributed by atoms with E-state index in [0.717, 1.165) is 31.0 Å². The summed E-state index contributed by atoms with van der Waals surface area (Å²) < 4.78 is 0. The lowest BCUT2D eigenvalue weighted by atomic mass is 9.90. The van der Waals surface area contributed by atoms with Crippen LogP contribution in [-0.4, -0.2) is 29.1 Å². The van der Waals surface area contributed by atoms with Gasteiger partial charge in [0.25, 0.3) is 0 Å². The van der Waals surface area contributed by atoms with E-state index in [4.69, 9.17) is 4.98 Å². The first-order valence-corrected chi connectivity index (χ1v) is 7.28. The highest BCUT2D eigenvalue weighted by molar-refractivity contribution is 5.88. The van der Waals surface area contributed by atoms with Gasteiger partial charge in [-0.1, -0.05) is 27.7 Å². The van der Waals surface area contributed by atoms with Crippen molar-refractivity contribution in [3.63, 3.8) is 0 Å². The lowest BCUT2D eigenvalue weighted by molar-refractivity contribution is 0.0696. The highest BCUT2D eigenvalue weighted by Gasteiger charge is 2.23. The molecule has 2 rings (SSSR count). The first-order chi connectivity index (χ1) is 9.27. The van der Waals surface area contributed by atoms with Gasteiger partial charge in [0.1, 0.15) is 5.82 Å². The summed E-state index contributed by atoms with van der Waals surface area (Å²) in [6.07, 6.45) is 2.38. The maximum absolute atomic E-state index is 11.3. The lowest BCUT2D eigenvalue weighted by Crippen LogP contribution is -2.35. The number of pyridine rings is 1. The zero-order valence-electron chi connectivity index (χ0n) is 12.8. The van der Waals surface area contributed by atoms with Crippen LogP contribution in [0.4, 0.5) is 5.82 Å². The van der Waals surface area contributed by atoms with Crippen molar-refractivity contribution in [2.45, 2.75) is 46.0 Å². The van der Waals surface area contributed by atoms with Crippen molar-refractivity contribution >= 4 is 11.8 Å². The molecule has 1 aliphatic rings. The number of hydrogen-bond acceptors (Lipinski definition) is 3. The number of carbonyl (C=O) groups is 1. The van der Waals surface area contributed by atoms with E-state index in [0.29, 0.717) is 11.5 Å². The number of rotatable bonds is 2. The van der Waals surface area contributed by atoms with Crippen LogP contribution in [0.2, 0.25) is 0 Å². The standard InChI is InChI=1S/C16H24N2O2/c1-11-6-5-7-18(10-11)14-9-12(15(19)20)8-13(17-14)16(2,3)4/h8-9,11H,5-7,10H2,1-4H3,(H,19,20). The Bertz CT molecular complexity index is 506. The van der Waals surface area contributed by atoms with Crippen LogP contribution in [-0.2, 0) is 5.41 Å². The zero-order valence-corrected chi connectivity index (χ0v) is 12.8. The van der Waals surface area contributed by atoms with E-state index < -0.39 is 5.97 Å². The van der Waals surface area contributed by atoms with E-state index in [9.17, 15) is 9.90 Å². The molecule has 110 valence electrons. The molecule has 0 aliphatic carbocycles. The third-order valence-electron chi connectivity index (χ3n) is 3.81. The van der Waals surface area contributed by atoms with Crippen molar-refractivity contribution < 1.29 is 9.90 Å². The molecule has 0 bridgehead atoms. The van der Waals surface area contributed by atoms with E-state index in [1.54, 1.807) is 12.1 Å². The van der Waals surface area contributed by atoms with Crippen molar-refractivity contribution in [2.75, 3.05) is 18.0 Å². The van der Waals surface area contributed by atoms with Gasteiger partial charge in [-0.05, 0) is 30.9 Å². The third-order valence-corrected chi connectivity index (χ3v) is 3.81. The molecule has 0 spiro atoms. The molecule has 20 heavy (non-hydrogen) atoms. The second kappa shape index (κ2) is 5.43. The Morgan fingerprint density at radius 3 is 2.65 bits per heavy atom. The third kappa shape index (κ3) is 3.30. The summed E-state index contributed by atoms with van der Waals surface area (Å²) in [4.78, 5) is 18.3. The molecule has 1 fully saturated rings. The number of aromatic carboxylic acids is 1. The zero-order chi connectivity index (χ0) is 14.9. The number of hydrogen-bond donors (Lipinski definition) is 1. The monoisotopic (exact) mass is 276 g/mol. The Hall–Kier alpha value is -1.58. The molecule has 0 radical (unpaired) electrons. The van der Waals surface area contributed by atoms with Gasteiger partial charge in [0.15, 0.2) is 0 Å². The minimum atomic E-state index is -0.885. The van der Waals surface area contributed by atoms with E-state index in [1.165, 1.54) is 6.42 Å². The summed E-state index contributed by atoms with van der Waals surface area (Å²) in [7, 11) is 0. The van der Waals surface area contributed by atoms with Crippen molar-refractivity contribution in [3.8, 4) is 0 Å². The minimum absolute atomic E-state index is 0.151. The Labute approximate surface area is 120 Å². The summed E-state index contributed by atoms with van der Waals surface area (Å²) >= 11 is 0. The van der Waals surface area contributed by atoms with E-state index in [-0.39, 0.29) is 5.41 Å². The fourth-order valence-electron chi connectivity index (χ4n) is 2.58. The molecule has 0 saturated carbocycles. The van der Waals surface area contributed by atoms with E-state index in [1.807, 2.05) is 0 Å². The van der Waals surface area contributed by atoms with Gasteiger partial charge in [-0.2, -0.15) is 0 Å². The number of nitrogens with zero attached hydrogens (tertiary/aromatic N) is 2. The van der Waals surface area contributed by atoms with Crippen LogP contribution < -0.4 is 4.90 Å². The normalized spacial score (nSPS) is 20.0. The van der Waals surface area contributed by atoms with Crippen LogP contribution in [0, 0.1) is 5.92 Å². The van der Waals surface area contributed by atoms with Crippen LogP contribution in [0.15, 0.2) is 12.1 Å². The van der Waals surface area contributed by atoms with E-state index in [2.05, 4.69) is 32.6 Å². The van der Waals surface area contributed by atoms with Gasteiger partial charge < -0.3 is 10.0 Å². The largest absolute Gasteiger partial charge is 0.478 e. The molecule has 0 aromatic carbocycles. The first-order valence-electron chi connectivity index (χ1n) is 7.28. The SMILES string of the molecule is CC1CCCN(c2cc(C(=O)O)cc(C(C)(C)C)n2)C1. The molecule has 1 aromatic heterocycles. The van der Waals surface area contributed by atoms with Gasteiger partial charge in [-0.25, -0.2) is 9.78 Å². The van der Waals surface area contributed by atoms with E-state index >= 15 is 0 Å². The van der Waals surface area contributed by atoms with Gasteiger partial charge in [0, 0.05) is 24.2 Å². The predicted molar refractivity (Wildman–Crippen MR) is 80.5 cm³/mol. The van der Waals surface area contributed by atoms with Gasteiger partial charge >= 0.3 is 5.97 Å². The molecule has 1 N–H and O–H groups in total. The topological polar surface area (TPSA) is 53.4 Å². The summed E-state index contributed by atoms with van der Waals surface area (Å²) in [5.41, 5.74) is 1.02. The summed E-state index contributed by atoms with van der Waals surface area (Å²) in [5.74, 6) is 0.558. The number of carboxylic acids is 1. The predicted octanol–water partition coefficient (Wildman–Crippen LogP) is 3.31. The molecular formula is C16H24N2O2. The molecule has 1 aliphatic heterocycles. The molecule has 1 atom stereocenters. The molecule has 0 amide bonds. The van der Waals surface area contributed by atoms with Gasteiger partial charge in [0.2, 0.25) is 0 Å². The molecular weight excluding hydrogens is 252 g/mol. The molecule has 1 aromatic rings. The first kappa shape index (κ1) is 14.8. The van der Waals surface area contributed by atoms with Crippen molar-refractivity contribution in [2.24, 2.45) is 5.92 Å². The average molecular weight is 276 g/mol. The fraction of sp³-hybridized carbons (Fsp3) is 0.625. The van der Waals surface area contributed by atoms with Gasteiger partial charge in [0.05, 0.1) is 5.56 Å². The molecule has 4 nitrogen and oxygen atoms in total. The summed E-state index contributed by atoms with van der Waals surface area (Å²) in [6.45, 7) is 10.3. The van der Waals surface area contributed by atoms with Crippen LogP contribution >= 0.6 is 0 Å². The Morgan fingerprint density at radius 2 is 2.10 bits per heavy atom. The highest BCUT2D eigenvalue weighted by Crippen LogP contribution is 2.27. The maximum atomic E-state index is 11.3. The van der Waals surface area contributed by atoms with Crippen molar-refractivity contribution in [3.05, 3.63) is 23.4 Å². The van der Waals surface area contributed by atoms with Gasteiger partial charge in [-0.3, -0.25) is 0 Å². The Morgan fingerprint density at radius 1 is 1.40 bits per heavy atom. The number of carboxylic acid groups (broad SMARTS) is 1. The fourth-order valence-corrected chi connectivity index (χ4v) is 2.58. The number of aromatic nitrogens is 1. The maximum Gasteiger partial charge on any atom is 0.335 e. The van der Waals surface area contributed by atoms with Crippen LogP contribution in [0.5, 0.6) is 0 Å². The van der Waals surface area contributed by atoms with Gasteiger partial charge in [-0.15, -0.1) is 0 Å². The van der Waals surface area contributed by atoms with Crippen LogP contribution in [0.3, 0.4) is 0 Å². The number of anilines is 1. The van der Waals surface area contributed by atoms with Crippen molar-refractivity contribution in [1.82, 2.24) is 4.98 Å². The second-order valence-electron chi connectivity index (χ2n) is 6.85.